The molecule has 0 fully saturated rings. The summed E-state index contributed by atoms with van der Waals surface area (Å²) < 4.78 is 22.9. The molecule has 0 bridgehead atoms. The first-order valence-electron chi connectivity index (χ1n) is 5.87. The van der Waals surface area contributed by atoms with Gasteiger partial charge in [0.25, 0.3) is 0 Å². The van der Waals surface area contributed by atoms with Gasteiger partial charge in [0.05, 0.1) is 12.4 Å². The standard InChI is InChI=1S/C11H25NO3S/c1-5-7-11(4,9-13)12-10(3)8-16(14,15)6-2/h10,12-13H,5-9H2,1-4H3. The van der Waals surface area contributed by atoms with Gasteiger partial charge in [-0.3, -0.25) is 0 Å². The van der Waals surface area contributed by atoms with E-state index in [-0.39, 0.29) is 29.7 Å². The Bertz CT molecular complexity index is 290. The van der Waals surface area contributed by atoms with Gasteiger partial charge < -0.3 is 10.4 Å². The zero-order chi connectivity index (χ0) is 12.8. The van der Waals surface area contributed by atoms with Gasteiger partial charge in [-0.15, -0.1) is 0 Å². The molecule has 2 unspecified atom stereocenters. The molecule has 0 heterocycles. The summed E-state index contributed by atoms with van der Waals surface area (Å²) in [7, 11) is -2.96. The van der Waals surface area contributed by atoms with E-state index in [2.05, 4.69) is 5.32 Å². The first-order chi connectivity index (χ1) is 7.28. The van der Waals surface area contributed by atoms with Gasteiger partial charge in [-0.25, -0.2) is 8.42 Å². The Labute approximate surface area is 99.4 Å². The predicted molar refractivity (Wildman–Crippen MR) is 67.3 cm³/mol. The molecule has 2 atom stereocenters. The van der Waals surface area contributed by atoms with Gasteiger partial charge in [0.2, 0.25) is 0 Å². The Hall–Kier alpha value is -0.130. The lowest BCUT2D eigenvalue weighted by Crippen LogP contribution is -2.51. The van der Waals surface area contributed by atoms with Crippen molar-refractivity contribution < 1.29 is 13.5 Å². The average molecular weight is 251 g/mol. The molecule has 0 aromatic rings. The maximum atomic E-state index is 11.4. The minimum Gasteiger partial charge on any atom is -0.394 e. The highest BCUT2D eigenvalue weighted by Crippen LogP contribution is 2.12. The maximum absolute atomic E-state index is 11.4. The van der Waals surface area contributed by atoms with Crippen LogP contribution in [-0.4, -0.2) is 43.2 Å². The molecular formula is C11H25NO3S. The first-order valence-corrected chi connectivity index (χ1v) is 7.69. The minimum absolute atomic E-state index is 0.0252. The fourth-order valence-corrected chi connectivity index (χ4v) is 2.96. The second-order valence-electron chi connectivity index (χ2n) is 4.71. The Morgan fingerprint density at radius 2 is 1.94 bits per heavy atom. The molecule has 5 heteroatoms. The van der Waals surface area contributed by atoms with Crippen molar-refractivity contribution in [2.45, 2.75) is 52.1 Å². The largest absolute Gasteiger partial charge is 0.394 e. The average Bonchev–Trinajstić information content (AvgIpc) is 2.17. The van der Waals surface area contributed by atoms with Gasteiger partial charge in [-0.2, -0.15) is 0 Å². The second kappa shape index (κ2) is 6.57. The first kappa shape index (κ1) is 15.9. The van der Waals surface area contributed by atoms with Crippen LogP contribution in [-0.2, 0) is 9.84 Å². The third-order valence-electron chi connectivity index (χ3n) is 2.69. The Morgan fingerprint density at radius 1 is 1.38 bits per heavy atom. The van der Waals surface area contributed by atoms with Gasteiger partial charge in [0, 0.05) is 17.3 Å². The van der Waals surface area contributed by atoms with Crippen LogP contribution in [0.4, 0.5) is 0 Å². The highest BCUT2D eigenvalue weighted by Gasteiger charge is 2.25. The molecule has 4 nitrogen and oxygen atoms in total. The van der Waals surface area contributed by atoms with Crippen LogP contribution in [0.1, 0.15) is 40.5 Å². The minimum atomic E-state index is -2.96. The molecule has 98 valence electrons. The summed E-state index contributed by atoms with van der Waals surface area (Å²) in [4.78, 5) is 0. The van der Waals surface area contributed by atoms with Crippen molar-refractivity contribution in [3.05, 3.63) is 0 Å². The molecule has 0 radical (unpaired) electrons. The molecular weight excluding hydrogens is 226 g/mol. The molecule has 0 aromatic heterocycles. The quantitative estimate of drug-likeness (QED) is 0.674. The summed E-state index contributed by atoms with van der Waals surface area (Å²) in [5.74, 6) is 0.297. The van der Waals surface area contributed by atoms with E-state index in [9.17, 15) is 13.5 Å². The number of hydrogen-bond acceptors (Lipinski definition) is 4. The third-order valence-corrected chi connectivity index (χ3v) is 4.58. The predicted octanol–water partition coefficient (Wildman–Crippen LogP) is 0.950. The molecule has 2 N–H and O–H groups in total. The topological polar surface area (TPSA) is 66.4 Å². The number of hydrogen-bond donors (Lipinski definition) is 2. The smallest absolute Gasteiger partial charge is 0.151 e. The van der Waals surface area contributed by atoms with Gasteiger partial charge in [-0.05, 0) is 20.3 Å². The molecule has 0 aromatic carbocycles. The van der Waals surface area contributed by atoms with E-state index >= 15 is 0 Å². The Kier molecular flexibility index (Phi) is 6.51. The van der Waals surface area contributed by atoms with E-state index in [4.69, 9.17) is 0 Å². The number of sulfone groups is 1. The lowest BCUT2D eigenvalue weighted by Gasteiger charge is -2.32. The summed E-state index contributed by atoms with van der Waals surface area (Å²) in [6.45, 7) is 7.49. The summed E-state index contributed by atoms with van der Waals surface area (Å²) in [6, 6.07) is -0.131. The number of aliphatic hydroxyl groups excluding tert-OH is 1. The lowest BCUT2D eigenvalue weighted by atomic mass is 9.96. The molecule has 0 amide bonds. The van der Waals surface area contributed by atoms with Crippen LogP contribution in [0.3, 0.4) is 0 Å². The molecule has 0 spiro atoms. The molecule has 16 heavy (non-hydrogen) atoms. The summed E-state index contributed by atoms with van der Waals surface area (Å²) in [6.07, 6.45) is 1.79. The van der Waals surface area contributed by atoms with Crippen molar-refractivity contribution >= 4 is 9.84 Å². The zero-order valence-corrected chi connectivity index (χ0v) is 11.6. The fraction of sp³-hybridized carbons (Fsp3) is 1.00. The van der Waals surface area contributed by atoms with Crippen molar-refractivity contribution in [3.8, 4) is 0 Å². The van der Waals surface area contributed by atoms with Crippen LogP contribution >= 0.6 is 0 Å². The molecule has 0 rings (SSSR count). The summed E-state index contributed by atoms with van der Waals surface area (Å²) >= 11 is 0. The number of rotatable bonds is 8. The Morgan fingerprint density at radius 3 is 2.31 bits per heavy atom. The van der Waals surface area contributed by atoms with E-state index in [1.807, 2.05) is 20.8 Å². The van der Waals surface area contributed by atoms with Crippen LogP contribution in [0.15, 0.2) is 0 Å². The van der Waals surface area contributed by atoms with Gasteiger partial charge >= 0.3 is 0 Å². The van der Waals surface area contributed by atoms with Crippen LogP contribution in [0.2, 0.25) is 0 Å². The summed E-state index contributed by atoms with van der Waals surface area (Å²) in [5, 5.41) is 12.5. The molecule has 0 saturated carbocycles. The second-order valence-corrected chi connectivity index (χ2v) is 7.11. The van der Waals surface area contributed by atoms with Crippen LogP contribution < -0.4 is 5.32 Å². The molecule has 0 aliphatic rings. The molecule has 0 aliphatic carbocycles. The van der Waals surface area contributed by atoms with Crippen LogP contribution in [0.5, 0.6) is 0 Å². The SMILES string of the molecule is CCCC(C)(CO)NC(C)CS(=O)(=O)CC. The third kappa shape index (κ3) is 5.82. The highest BCUT2D eigenvalue weighted by molar-refractivity contribution is 7.91. The normalized spacial score (nSPS) is 18.1. The van der Waals surface area contributed by atoms with E-state index in [0.29, 0.717) is 0 Å². The number of nitrogens with one attached hydrogen (secondary N) is 1. The maximum Gasteiger partial charge on any atom is 0.151 e. The monoisotopic (exact) mass is 251 g/mol. The van der Waals surface area contributed by atoms with Crippen molar-refractivity contribution in [2.75, 3.05) is 18.1 Å². The van der Waals surface area contributed by atoms with E-state index in [1.165, 1.54) is 0 Å². The summed E-state index contributed by atoms with van der Waals surface area (Å²) in [5.41, 5.74) is -0.378. The lowest BCUT2D eigenvalue weighted by molar-refractivity contribution is 0.156. The van der Waals surface area contributed by atoms with Crippen molar-refractivity contribution in [1.29, 1.82) is 0 Å². The van der Waals surface area contributed by atoms with Gasteiger partial charge in [-0.1, -0.05) is 20.3 Å². The van der Waals surface area contributed by atoms with Crippen LogP contribution in [0, 0.1) is 0 Å². The Balaban J connectivity index is 4.37. The van der Waals surface area contributed by atoms with Gasteiger partial charge in [0.1, 0.15) is 0 Å². The number of aliphatic hydroxyl groups is 1. The van der Waals surface area contributed by atoms with Crippen molar-refractivity contribution in [2.24, 2.45) is 0 Å². The van der Waals surface area contributed by atoms with E-state index < -0.39 is 9.84 Å². The molecule has 0 aliphatic heterocycles. The van der Waals surface area contributed by atoms with E-state index in [0.717, 1.165) is 12.8 Å². The fourth-order valence-electron chi connectivity index (χ4n) is 1.88. The van der Waals surface area contributed by atoms with Gasteiger partial charge in [0.15, 0.2) is 9.84 Å². The van der Waals surface area contributed by atoms with Crippen LogP contribution in [0.25, 0.3) is 0 Å². The zero-order valence-electron chi connectivity index (χ0n) is 10.8. The van der Waals surface area contributed by atoms with E-state index in [1.54, 1.807) is 6.92 Å². The molecule has 0 saturated heterocycles. The highest BCUT2D eigenvalue weighted by atomic mass is 32.2. The van der Waals surface area contributed by atoms with Crippen molar-refractivity contribution in [3.63, 3.8) is 0 Å². The van der Waals surface area contributed by atoms with Crippen molar-refractivity contribution in [1.82, 2.24) is 5.32 Å².